The quantitative estimate of drug-likeness (QED) is 0.720. The molecule has 0 atom stereocenters. The van der Waals surface area contributed by atoms with Crippen LogP contribution in [0.25, 0.3) is 0 Å². The molecule has 0 bridgehead atoms. The Bertz CT molecular complexity index is 783. The molecule has 0 N–H and O–H groups in total. The molecule has 0 saturated carbocycles. The Morgan fingerprint density at radius 1 is 0.828 bits per heavy atom. The highest BCUT2D eigenvalue weighted by Gasteiger charge is 2.27. The first-order valence-electron chi connectivity index (χ1n) is 10.3. The molecule has 2 fully saturated rings. The molecule has 2 heterocycles. The number of likely N-dealkylation sites (tertiary alicyclic amines) is 1. The van der Waals surface area contributed by atoms with Crippen LogP contribution in [0.15, 0.2) is 42.5 Å². The van der Waals surface area contributed by atoms with Gasteiger partial charge in [0.05, 0.1) is 0 Å². The zero-order chi connectivity index (χ0) is 19.5. The zero-order valence-electron chi connectivity index (χ0n) is 17.0. The first-order valence-corrected chi connectivity index (χ1v) is 10.3. The highest BCUT2D eigenvalue weighted by atomic mass is 35.5. The molecule has 0 aromatic heterocycles. The molecule has 2 aromatic carbocycles. The molecule has 2 aromatic rings. The summed E-state index contributed by atoms with van der Waals surface area (Å²) < 4.78 is 26.4. The lowest BCUT2D eigenvalue weighted by atomic mass is 10.0. The summed E-state index contributed by atoms with van der Waals surface area (Å²) in [6.07, 6.45) is 2.38. The summed E-state index contributed by atoms with van der Waals surface area (Å²) in [5, 5.41) is 0. The fourth-order valence-electron chi connectivity index (χ4n) is 4.59. The second-order valence-corrected chi connectivity index (χ2v) is 8.09. The number of aryl methyl sites for hydroxylation is 1. The van der Waals surface area contributed by atoms with Gasteiger partial charge in [0.1, 0.15) is 11.6 Å². The number of piperazine rings is 1. The maximum Gasteiger partial charge on any atom is 0.123 e. The van der Waals surface area contributed by atoms with E-state index >= 15 is 0 Å². The van der Waals surface area contributed by atoms with Gasteiger partial charge in [0.15, 0.2) is 0 Å². The van der Waals surface area contributed by atoms with E-state index in [0.717, 1.165) is 57.1 Å². The number of rotatable bonds is 4. The summed E-state index contributed by atoms with van der Waals surface area (Å²) in [6.45, 7) is 9.23. The monoisotopic (exact) mass is 421 g/mol. The molecule has 0 aliphatic carbocycles. The molecule has 0 spiro atoms. The van der Waals surface area contributed by atoms with E-state index in [2.05, 4.69) is 14.7 Å². The van der Waals surface area contributed by atoms with Crippen molar-refractivity contribution in [2.24, 2.45) is 0 Å². The van der Waals surface area contributed by atoms with Crippen LogP contribution in [0.3, 0.4) is 0 Å². The maximum atomic E-state index is 13.4. The van der Waals surface area contributed by atoms with Crippen LogP contribution in [0.5, 0.6) is 0 Å². The highest BCUT2D eigenvalue weighted by Crippen LogP contribution is 2.25. The fourth-order valence-corrected chi connectivity index (χ4v) is 4.59. The lowest BCUT2D eigenvalue weighted by Crippen LogP contribution is -2.53. The highest BCUT2D eigenvalue weighted by molar-refractivity contribution is 5.85. The van der Waals surface area contributed by atoms with Gasteiger partial charge in [-0.1, -0.05) is 12.1 Å². The summed E-state index contributed by atoms with van der Waals surface area (Å²) in [7, 11) is 0. The van der Waals surface area contributed by atoms with Gasteiger partial charge in [-0.25, -0.2) is 8.78 Å². The van der Waals surface area contributed by atoms with Crippen molar-refractivity contribution in [1.29, 1.82) is 0 Å². The molecule has 3 nitrogen and oxygen atoms in total. The van der Waals surface area contributed by atoms with E-state index in [9.17, 15) is 8.78 Å². The van der Waals surface area contributed by atoms with Gasteiger partial charge in [-0.15, -0.1) is 12.4 Å². The number of hydrogen-bond acceptors (Lipinski definition) is 3. The molecule has 29 heavy (non-hydrogen) atoms. The number of piperidine rings is 1. The minimum Gasteiger partial charge on any atom is -0.369 e. The molecule has 2 saturated heterocycles. The third-order valence-corrected chi connectivity index (χ3v) is 6.21. The van der Waals surface area contributed by atoms with E-state index in [1.165, 1.54) is 18.4 Å². The smallest absolute Gasteiger partial charge is 0.123 e. The molecule has 158 valence electrons. The number of hydrogen-bond donors (Lipinski definition) is 0. The van der Waals surface area contributed by atoms with E-state index < -0.39 is 0 Å². The molecular weight excluding hydrogens is 392 g/mol. The Morgan fingerprint density at radius 2 is 1.45 bits per heavy atom. The Hall–Kier alpha value is -1.69. The average molecular weight is 422 g/mol. The Kier molecular flexibility index (Phi) is 7.49. The fraction of sp³-hybridized carbons (Fsp3) is 0.478. The predicted molar refractivity (Wildman–Crippen MR) is 117 cm³/mol. The third-order valence-electron chi connectivity index (χ3n) is 6.21. The van der Waals surface area contributed by atoms with Crippen molar-refractivity contribution in [3.63, 3.8) is 0 Å². The molecule has 0 unspecified atom stereocenters. The van der Waals surface area contributed by atoms with Crippen LogP contribution in [0.2, 0.25) is 0 Å². The van der Waals surface area contributed by atoms with E-state index in [0.29, 0.717) is 6.04 Å². The zero-order valence-corrected chi connectivity index (χ0v) is 17.8. The third kappa shape index (κ3) is 5.47. The second kappa shape index (κ2) is 9.88. The summed E-state index contributed by atoms with van der Waals surface area (Å²) >= 11 is 0. The molecule has 2 aliphatic rings. The summed E-state index contributed by atoms with van der Waals surface area (Å²) in [5.41, 5.74) is 3.36. The van der Waals surface area contributed by atoms with Crippen molar-refractivity contribution in [2.75, 3.05) is 44.2 Å². The summed E-state index contributed by atoms with van der Waals surface area (Å²) in [5.74, 6) is -0.329. The molecule has 4 rings (SSSR count). The molecule has 0 radical (unpaired) electrons. The minimum absolute atomic E-state index is 0. The standard InChI is InChI=1S/C23H29F2N3.ClH/c1-18-16-21(25)6-7-23(18)28-14-12-27(13-15-28)22-8-10-26(11-9-22)17-19-2-4-20(24)5-3-19;/h2-7,16,22H,8-15,17H2,1H3;1H. The SMILES string of the molecule is Cc1cc(F)ccc1N1CCN(C2CCN(Cc3ccc(F)cc3)CC2)CC1.Cl. The van der Waals surface area contributed by atoms with Crippen LogP contribution >= 0.6 is 12.4 Å². The van der Waals surface area contributed by atoms with Crippen molar-refractivity contribution in [2.45, 2.75) is 32.4 Å². The first kappa shape index (κ1) is 22.0. The molecule has 2 aliphatic heterocycles. The maximum absolute atomic E-state index is 13.4. The van der Waals surface area contributed by atoms with E-state index in [1.54, 1.807) is 24.3 Å². The van der Waals surface area contributed by atoms with Crippen LogP contribution in [-0.4, -0.2) is 55.1 Å². The van der Waals surface area contributed by atoms with E-state index in [-0.39, 0.29) is 24.0 Å². The van der Waals surface area contributed by atoms with Crippen LogP contribution in [-0.2, 0) is 6.54 Å². The number of halogens is 3. The van der Waals surface area contributed by atoms with Gasteiger partial charge >= 0.3 is 0 Å². The molecule has 6 heteroatoms. The molecule has 0 amide bonds. The number of nitrogens with zero attached hydrogens (tertiary/aromatic N) is 3. The van der Waals surface area contributed by atoms with Crippen LogP contribution in [0.4, 0.5) is 14.5 Å². The van der Waals surface area contributed by atoms with Crippen LogP contribution in [0.1, 0.15) is 24.0 Å². The van der Waals surface area contributed by atoms with Crippen molar-refractivity contribution in [1.82, 2.24) is 9.80 Å². The van der Waals surface area contributed by atoms with Gasteiger partial charge in [0, 0.05) is 44.5 Å². The van der Waals surface area contributed by atoms with Crippen molar-refractivity contribution in [3.05, 3.63) is 65.2 Å². The van der Waals surface area contributed by atoms with Crippen LogP contribution in [0, 0.1) is 18.6 Å². The first-order chi connectivity index (χ1) is 13.6. The number of benzene rings is 2. The largest absolute Gasteiger partial charge is 0.369 e. The average Bonchev–Trinajstić information content (AvgIpc) is 2.71. The van der Waals surface area contributed by atoms with Gasteiger partial charge in [0.25, 0.3) is 0 Å². The predicted octanol–water partition coefficient (Wildman–Crippen LogP) is 4.48. The lowest BCUT2D eigenvalue weighted by Gasteiger charge is -2.43. The topological polar surface area (TPSA) is 9.72 Å². The Balaban J connectivity index is 0.00000240. The van der Waals surface area contributed by atoms with Crippen molar-refractivity contribution >= 4 is 18.1 Å². The van der Waals surface area contributed by atoms with Gasteiger partial charge in [-0.3, -0.25) is 9.80 Å². The Morgan fingerprint density at radius 3 is 2.07 bits per heavy atom. The van der Waals surface area contributed by atoms with E-state index in [4.69, 9.17) is 0 Å². The minimum atomic E-state index is -0.169. The lowest BCUT2D eigenvalue weighted by molar-refractivity contribution is 0.0998. The van der Waals surface area contributed by atoms with Gasteiger partial charge in [-0.05, 0) is 74.3 Å². The van der Waals surface area contributed by atoms with Gasteiger partial charge < -0.3 is 4.90 Å². The summed E-state index contributed by atoms with van der Waals surface area (Å²) in [4.78, 5) is 7.49. The van der Waals surface area contributed by atoms with E-state index in [1.807, 2.05) is 25.1 Å². The van der Waals surface area contributed by atoms with Crippen LogP contribution < -0.4 is 4.90 Å². The van der Waals surface area contributed by atoms with Crippen molar-refractivity contribution in [3.8, 4) is 0 Å². The normalized spacial score (nSPS) is 19.2. The van der Waals surface area contributed by atoms with Gasteiger partial charge in [0.2, 0.25) is 0 Å². The summed E-state index contributed by atoms with van der Waals surface area (Å²) in [6, 6.07) is 12.6. The second-order valence-electron chi connectivity index (χ2n) is 8.09. The number of anilines is 1. The van der Waals surface area contributed by atoms with Gasteiger partial charge in [-0.2, -0.15) is 0 Å². The molecular formula is C23H30ClF2N3. The Labute approximate surface area is 178 Å². The van der Waals surface area contributed by atoms with Crippen molar-refractivity contribution < 1.29 is 8.78 Å².